The molecule has 0 fully saturated rings. The van der Waals surface area contributed by atoms with Crippen LogP contribution in [0.3, 0.4) is 0 Å². The van der Waals surface area contributed by atoms with Crippen LogP contribution in [0.1, 0.15) is 23.7 Å². The van der Waals surface area contributed by atoms with Gasteiger partial charge < -0.3 is 16.4 Å². The number of nitrogens with one attached hydrogen (secondary N) is 2. The van der Waals surface area contributed by atoms with Crippen LogP contribution in [0.2, 0.25) is 10.0 Å². The molecule has 0 saturated carbocycles. The van der Waals surface area contributed by atoms with Gasteiger partial charge in [-0.2, -0.15) is 0 Å². The first kappa shape index (κ1) is 16.5. The molecular weight excluding hydrogens is 321 g/mol. The second-order valence-corrected chi connectivity index (χ2v) is 5.65. The van der Waals surface area contributed by atoms with E-state index in [4.69, 9.17) is 28.9 Å². The maximum absolute atomic E-state index is 12.2. The monoisotopic (exact) mass is 337 g/mol. The van der Waals surface area contributed by atoms with E-state index in [1.165, 1.54) is 0 Å². The number of hydrogen-bond acceptors (Lipinski definition) is 3. The molecule has 0 spiro atoms. The third kappa shape index (κ3) is 4.06. The van der Waals surface area contributed by atoms with Gasteiger partial charge in [-0.15, -0.1) is 0 Å². The van der Waals surface area contributed by atoms with E-state index in [9.17, 15) is 4.79 Å². The van der Waals surface area contributed by atoms with Crippen molar-refractivity contribution in [1.82, 2.24) is 5.32 Å². The SMILES string of the molecule is CCCNC(=O)c1cc(N)ccc1Nc1ccc(Cl)cc1Cl. The molecule has 0 aromatic heterocycles. The van der Waals surface area contributed by atoms with Crippen LogP contribution in [0.15, 0.2) is 36.4 Å². The number of anilines is 3. The van der Waals surface area contributed by atoms with Crippen molar-refractivity contribution in [3.05, 3.63) is 52.0 Å². The Morgan fingerprint density at radius 3 is 2.55 bits per heavy atom. The van der Waals surface area contributed by atoms with Gasteiger partial charge in [-0.1, -0.05) is 30.1 Å². The molecule has 22 heavy (non-hydrogen) atoms. The molecule has 0 aliphatic carbocycles. The quantitative estimate of drug-likeness (QED) is 0.705. The van der Waals surface area contributed by atoms with Crippen LogP contribution in [-0.4, -0.2) is 12.5 Å². The maximum Gasteiger partial charge on any atom is 0.253 e. The Hall–Kier alpha value is -1.91. The molecule has 6 heteroatoms. The summed E-state index contributed by atoms with van der Waals surface area (Å²) in [4.78, 5) is 12.2. The van der Waals surface area contributed by atoms with Crippen molar-refractivity contribution in [2.24, 2.45) is 0 Å². The van der Waals surface area contributed by atoms with Crippen molar-refractivity contribution >= 4 is 46.2 Å². The first-order chi connectivity index (χ1) is 10.5. The second-order valence-electron chi connectivity index (χ2n) is 4.81. The highest BCUT2D eigenvalue weighted by atomic mass is 35.5. The normalized spacial score (nSPS) is 10.3. The molecular formula is C16H17Cl2N3O. The summed E-state index contributed by atoms with van der Waals surface area (Å²) in [7, 11) is 0. The Balaban J connectivity index is 2.32. The number of hydrogen-bond donors (Lipinski definition) is 3. The third-order valence-electron chi connectivity index (χ3n) is 3.02. The van der Waals surface area contributed by atoms with Crippen molar-refractivity contribution in [2.75, 3.05) is 17.6 Å². The van der Waals surface area contributed by atoms with Gasteiger partial charge in [0, 0.05) is 17.3 Å². The van der Waals surface area contributed by atoms with Crippen LogP contribution < -0.4 is 16.4 Å². The highest BCUT2D eigenvalue weighted by molar-refractivity contribution is 6.36. The number of amides is 1. The van der Waals surface area contributed by atoms with Crippen molar-refractivity contribution in [2.45, 2.75) is 13.3 Å². The number of halogens is 2. The topological polar surface area (TPSA) is 67.2 Å². The number of nitrogens with two attached hydrogens (primary N) is 1. The summed E-state index contributed by atoms with van der Waals surface area (Å²) in [6, 6.07) is 10.2. The second kappa shape index (κ2) is 7.38. The van der Waals surface area contributed by atoms with E-state index < -0.39 is 0 Å². The van der Waals surface area contributed by atoms with Gasteiger partial charge in [-0.05, 0) is 42.8 Å². The van der Waals surface area contributed by atoms with Gasteiger partial charge in [0.2, 0.25) is 0 Å². The van der Waals surface area contributed by atoms with Crippen LogP contribution in [0, 0.1) is 0 Å². The van der Waals surface area contributed by atoms with E-state index in [1.807, 2.05) is 6.92 Å². The number of carbonyl (C=O) groups excluding carboxylic acids is 1. The lowest BCUT2D eigenvalue weighted by Crippen LogP contribution is -2.25. The average Bonchev–Trinajstić information content (AvgIpc) is 2.49. The van der Waals surface area contributed by atoms with Gasteiger partial charge in [-0.25, -0.2) is 0 Å². The van der Waals surface area contributed by atoms with Crippen LogP contribution in [0.5, 0.6) is 0 Å². The van der Waals surface area contributed by atoms with E-state index in [2.05, 4.69) is 10.6 Å². The van der Waals surface area contributed by atoms with E-state index >= 15 is 0 Å². The molecule has 0 heterocycles. The molecule has 0 saturated heterocycles. The molecule has 0 aliphatic heterocycles. The lowest BCUT2D eigenvalue weighted by Gasteiger charge is -2.14. The van der Waals surface area contributed by atoms with Gasteiger partial charge >= 0.3 is 0 Å². The molecule has 1 amide bonds. The molecule has 0 aliphatic rings. The molecule has 0 radical (unpaired) electrons. The molecule has 4 N–H and O–H groups in total. The Morgan fingerprint density at radius 1 is 1.14 bits per heavy atom. The first-order valence-electron chi connectivity index (χ1n) is 6.91. The van der Waals surface area contributed by atoms with Gasteiger partial charge in [0.05, 0.1) is 22.0 Å². The molecule has 0 atom stereocenters. The number of benzene rings is 2. The summed E-state index contributed by atoms with van der Waals surface area (Å²) in [5.41, 5.74) is 8.08. The fraction of sp³-hybridized carbons (Fsp3) is 0.188. The summed E-state index contributed by atoms with van der Waals surface area (Å²) in [6.45, 7) is 2.60. The fourth-order valence-electron chi connectivity index (χ4n) is 1.93. The zero-order valence-corrected chi connectivity index (χ0v) is 13.6. The molecule has 0 bridgehead atoms. The van der Waals surface area contributed by atoms with Crippen molar-refractivity contribution in [3.63, 3.8) is 0 Å². The zero-order chi connectivity index (χ0) is 16.1. The van der Waals surface area contributed by atoms with Crippen molar-refractivity contribution in [3.8, 4) is 0 Å². The predicted molar refractivity (Wildman–Crippen MR) is 93.2 cm³/mol. The van der Waals surface area contributed by atoms with E-state index in [-0.39, 0.29) is 5.91 Å². The zero-order valence-electron chi connectivity index (χ0n) is 12.1. The van der Waals surface area contributed by atoms with Crippen LogP contribution in [-0.2, 0) is 0 Å². The minimum Gasteiger partial charge on any atom is -0.399 e. The summed E-state index contributed by atoms with van der Waals surface area (Å²) in [5.74, 6) is -0.179. The number of nitrogen functional groups attached to an aromatic ring is 1. The average molecular weight is 338 g/mol. The fourth-order valence-corrected chi connectivity index (χ4v) is 2.38. The molecule has 0 unspecified atom stereocenters. The van der Waals surface area contributed by atoms with Gasteiger partial charge in [0.15, 0.2) is 0 Å². The highest BCUT2D eigenvalue weighted by Gasteiger charge is 2.13. The smallest absolute Gasteiger partial charge is 0.253 e. The van der Waals surface area contributed by atoms with Crippen molar-refractivity contribution in [1.29, 1.82) is 0 Å². The van der Waals surface area contributed by atoms with Gasteiger partial charge in [-0.3, -0.25) is 4.79 Å². The van der Waals surface area contributed by atoms with Gasteiger partial charge in [0.25, 0.3) is 5.91 Å². The van der Waals surface area contributed by atoms with E-state index in [1.54, 1.807) is 36.4 Å². The summed E-state index contributed by atoms with van der Waals surface area (Å²) in [5, 5.41) is 7.01. The Morgan fingerprint density at radius 2 is 1.86 bits per heavy atom. The minimum atomic E-state index is -0.179. The maximum atomic E-state index is 12.2. The van der Waals surface area contributed by atoms with E-state index in [0.717, 1.165) is 6.42 Å². The molecule has 2 rings (SSSR count). The summed E-state index contributed by atoms with van der Waals surface area (Å²) in [6.07, 6.45) is 0.861. The standard InChI is InChI=1S/C16H17Cl2N3O/c1-2-7-20-16(22)12-9-11(19)4-6-14(12)21-15-5-3-10(17)8-13(15)18/h3-6,8-9,21H,2,7,19H2,1H3,(H,20,22). The van der Waals surface area contributed by atoms with E-state index in [0.29, 0.717) is 39.2 Å². The van der Waals surface area contributed by atoms with Gasteiger partial charge in [0.1, 0.15) is 0 Å². The lowest BCUT2D eigenvalue weighted by atomic mass is 10.1. The summed E-state index contributed by atoms with van der Waals surface area (Å²) >= 11 is 12.0. The summed E-state index contributed by atoms with van der Waals surface area (Å²) < 4.78 is 0. The van der Waals surface area contributed by atoms with Crippen molar-refractivity contribution < 1.29 is 4.79 Å². The molecule has 4 nitrogen and oxygen atoms in total. The lowest BCUT2D eigenvalue weighted by molar-refractivity contribution is 0.0954. The Bertz CT molecular complexity index is 689. The van der Waals surface area contributed by atoms with Crippen LogP contribution in [0.25, 0.3) is 0 Å². The number of rotatable bonds is 5. The molecule has 2 aromatic rings. The van der Waals surface area contributed by atoms with Crippen LogP contribution >= 0.6 is 23.2 Å². The Labute approximate surface area is 139 Å². The first-order valence-corrected chi connectivity index (χ1v) is 7.66. The third-order valence-corrected chi connectivity index (χ3v) is 3.57. The van der Waals surface area contributed by atoms with Crippen LogP contribution in [0.4, 0.5) is 17.1 Å². The predicted octanol–water partition coefficient (Wildman–Crippen LogP) is 4.46. The molecule has 2 aromatic carbocycles. The number of carbonyl (C=O) groups is 1. The highest BCUT2D eigenvalue weighted by Crippen LogP contribution is 2.30. The minimum absolute atomic E-state index is 0.179. The Kier molecular flexibility index (Phi) is 5.52. The molecule has 116 valence electrons. The largest absolute Gasteiger partial charge is 0.399 e.